The zero-order chi connectivity index (χ0) is 21.0. The first kappa shape index (κ1) is 20.4. The first-order valence-electron chi connectivity index (χ1n) is 8.98. The molecule has 0 saturated carbocycles. The molecule has 3 rings (SSSR count). The Kier molecular flexibility index (Phi) is 6.16. The zero-order valence-corrected chi connectivity index (χ0v) is 16.0. The third kappa shape index (κ3) is 4.56. The fourth-order valence-corrected chi connectivity index (χ4v) is 3.19. The molecule has 2 aromatic carbocycles. The highest BCUT2D eigenvalue weighted by Gasteiger charge is 2.34. The largest absolute Gasteiger partial charge is 0.497 e. The number of carbonyl (C=O) groups excluding carboxylic acids is 2. The number of ether oxygens (including phenoxy) is 2. The van der Waals surface area contributed by atoms with Gasteiger partial charge in [0.2, 0.25) is 5.91 Å². The SMILES string of the molecule is COc1ccc(OC)c(NC(=O)[C@@H]2CCCN2C(=O)Nc2ccc(F)cc2F)c1. The monoisotopic (exact) mass is 405 g/mol. The molecule has 0 bridgehead atoms. The normalized spacial score (nSPS) is 15.7. The Morgan fingerprint density at radius 1 is 1.03 bits per heavy atom. The Balaban J connectivity index is 1.73. The number of urea groups is 1. The summed E-state index contributed by atoms with van der Waals surface area (Å²) in [6.45, 7) is 0.335. The minimum Gasteiger partial charge on any atom is -0.497 e. The lowest BCUT2D eigenvalue weighted by molar-refractivity contribution is -0.119. The molecule has 2 N–H and O–H groups in total. The molecule has 154 valence electrons. The predicted molar refractivity (Wildman–Crippen MR) is 103 cm³/mol. The van der Waals surface area contributed by atoms with Crippen LogP contribution in [0.1, 0.15) is 12.8 Å². The molecule has 1 fully saturated rings. The van der Waals surface area contributed by atoms with E-state index in [1.807, 2.05) is 0 Å². The number of hydrogen-bond donors (Lipinski definition) is 2. The van der Waals surface area contributed by atoms with E-state index in [0.29, 0.717) is 42.6 Å². The smallest absolute Gasteiger partial charge is 0.322 e. The minimum absolute atomic E-state index is 0.156. The lowest BCUT2D eigenvalue weighted by Gasteiger charge is -2.24. The maximum Gasteiger partial charge on any atom is 0.322 e. The second-order valence-electron chi connectivity index (χ2n) is 6.46. The summed E-state index contributed by atoms with van der Waals surface area (Å²) in [7, 11) is 2.98. The van der Waals surface area contributed by atoms with Gasteiger partial charge in [-0.15, -0.1) is 0 Å². The van der Waals surface area contributed by atoms with Gasteiger partial charge in [0, 0.05) is 18.7 Å². The molecule has 1 saturated heterocycles. The van der Waals surface area contributed by atoms with Gasteiger partial charge in [-0.1, -0.05) is 0 Å². The highest BCUT2D eigenvalue weighted by molar-refractivity contribution is 6.00. The first-order chi connectivity index (χ1) is 13.9. The molecule has 2 aromatic rings. The van der Waals surface area contributed by atoms with Gasteiger partial charge in [-0.05, 0) is 37.1 Å². The van der Waals surface area contributed by atoms with Crippen LogP contribution in [0.4, 0.5) is 25.0 Å². The van der Waals surface area contributed by atoms with Crippen LogP contribution in [0.2, 0.25) is 0 Å². The van der Waals surface area contributed by atoms with Gasteiger partial charge in [0.15, 0.2) is 0 Å². The number of rotatable bonds is 5. The number of anilines is 2. The standard InChI is InChI=1S/C20H21F2N3O4/c1-28-13-6-8-18(29-2)16(11-13)23-19(26)17-4-3-9-25(17)20(27)24-15-7-5-12(21)10-14(15)22/h5-8,10-11,17H,3-4,9H2,1-2H3,(H,23,26)(H,24,27)/t17-/m0/s1. The molecule has 0 spiro atoms. The van der Waals surface area contributed by atoms with E-state index in [2.05, 4.69) is 10.6 Å². The number of benzene rings is 2. The Morgan fingerprint density at radius 3 is 2.52 bits per heavy atom. The van der Waals surface area contributed by atoms with Crippen LogP contribution in [0.25, 0.3) is 0 Å². The fraction of sp³-hybridized carbons (Fsp3) is 0.300. The summed E-state index contributed by atoms with van der Waals surface area (Å²) in [5.41, 5.74) is 0.255. The van der Waals surface area contributed by atoms with Crippen molar-refractivity contribution >= 4 is 23.3 Å². The molecule has 7 nitrogen and oxygen atoms in total. The summed E-state index contributed by atoms with van der Waals surface area (Å²) >= 11 is 0. The average molecular weight is 405 g/mol. The van der Waals surface area contributed by atoms with Gasteiger partial charge in [-0.25, -0.2) is 13.6 Å². The molecular weight excluding hydrogens is 384 g/mol. The van der Waals surface area contributed by atoms with Crippen molar-refractivity contribution in [2.24, 2.45) is 0 Å². The maximum absolute atomic E-state index is 13.8. The summed E-state index contributed by atoms with van der Waals surface area (Å²) in [6.07, 6.45) is 1.07. The summed E-state index contributed by atoms with van der Waals surface area (Å²) in [5, 5.41) is 5.15. The number of nitrogens with one attached hydrogen (secondary N) is 2. The van der Waals surface area contributed by atoms with E-state index in [-0.39, 0.29) is 5.69 Å². The van der Waals surface area contributed by atoms with Crippen molar-refractivity contribution in [1.29, 1.82) is 0 Å². The van der Waals surface area contributed by atoms with Crippen LogP contribution >= 0.6 is 0 Å². The van der Waals surface area contributed by atoms with Crippen LogP contribution in [0.15, 0.2) is 36.4 Å². The third-order valence-corrected chi connectivity index (χ3v) is 4.65. The Labute approximate surface area is 166 Å². The number of halogens is 2. The van der Waals surface area contributed by atoms with E-state index in [1.165, 1.54) is 19.1 Å². The number of methoxy groups -OCH3 is 2. The van der Waals surface area contributed by atoms with Crippen molar-refractivity contribution < 1.29 is 27.8 Å². The first-order valence-corrected chi connectivity index (χ1v) is 8.98. The van der Waals surface area contributed by atoms with Crippen LogP contribution < -0.4 is 20.1 Å². The fourth-order valence-electron chi connectivity index (χ4n) is 3.19. The summed E-state index contributed by atoms with van der Waals surface area (Å²) < 4.78 is 37.3. The average Bonchev–Trinajstić information content (AvgIpc) is 3.20. The molecule has 1 aliphatic rings. The van der Waals surface area contributed by atoms with Gasteiger partial charge < -0.3 is 25.0 Å². The molecule has 3 amide bonds. The Morgan fingerprint density at radius 2 is 1.83 bits per heavy atom. The maximum atomic E-state index is 13.8. The van der Waals surface area contributed by atoms with Gasteiger partial charge in [0.1, 0.15) is 29.2 Å². The van der Waals surface area contributed by atoms with Gasteiger partial charge in [-0.3, -0.25) is 4.79 Å². The number of hydrogen-bond acceptors (Lipinski definition) is 4. The number of nitrogens with zero attached hydrogens (tertiary/aromatic N) is 1. The Bertz CT molecular complexity index is 923. The molecule has 0 aliphatic carbocycles. The van der Waals surface area contributed by atoms with Gasteiger partial charge >= 0.3 is 6.03 Å². The highest BCUT2D eigenvalue weighted by atomic mass is 19.1. The van der Waals surface area contributed by atoms with E-state index in [4.69, 9.17) is 9.47 Å². The van der Waals surface area contributed by atoms with Crippen molar-refractivity contribution in [2.45, 2.75) is 18.9 Å². The molecule has 0 unspecified atom stereocenters. The van der Waals surface area contributed by atoms with E-state index in [1.54, 1.807) is 18.2 Å². The van der Waals surface area contributed by atoms with Crippen LogP contribution in [-0.2, 0) is 4.79 Å². The molecule has 29 heavy (non-hydrogen) atoms. The lowest BCUT2D eigenvalue weighted by Crippen LogP contribution is -2.45. The van der Waals surface area contributed by atoms with E-state index >= 15 is 0 Å². The van der Waals surface area contributed by atoms with E-state index < -0.39 is 29.6 Å². The number of amides is 3. The van der Waals surface area contributed by atoms with Gasteiger partial charge in [0.25, 0.3) is 0 Å². The topological polar surface area (TPSA) is 79.9 Å². The van der Waals surface area contributed by atoms with Crippen LogP contribution in [0.5, 0.6) is 11.5 Å². The number of carbonyl (C=O) groups is 2. The highest BCUT2D eigenvalue weighted by Crippen LogP contribution is 2.30. The van der Waals surface area contributed by atoms with Crippen molar-refractivity contribution in [3.05, 3.63) is 48.0 Å². The zero-order valence-electron chi connectivity index (χ0n) is 16.0. The second-order valence-corrected chi connectivity index (χ2v) is 6.46. The minimum atomic E-state index is -0.889. The van der Waals surface area contributed by atoms with E-state index in [9.17, 15) is 18.4 Å². The van der Waals surface area contributed by atoms with Crippen LogP contribution in [0, 0.1) is 11.6 Å². The van der Waals surface area contributed by atoms with Crippen molar-refractivity contribution in [3.8, 4) is 11.5 Å². The van der Waals surface area contributed by atoms with Gasteiger partial charge in [0.05, 0.1) is 25.6 Å². The van der Waals surface area contributed by atoms with Crippen LogP contribution in [0.3, 0.4) is 0 Å². The molecule has 0 radical (unpaired) electrons. The molecule has 9 heteroatoms. The second kappa shape index (κ2) is 8.76. The molecule has 1 atom stereocenters. The third-order valence-electron chi connectivity index (χ3n) is 4.65. The van der Waals surface area contributed by atoms with Crippen molar-refractivity contribution in [3.63, 3.8) is 0 Å². The molecular formula is C20H21F2N3O4. The summed E-state index contributed by atoms with van der Waals surface area (Å²) in [4.78, 5) is 26.7. The van der Waals surface area contributed by atoms with Gasteiger partial charge in [-0.2, -0.15) is 0 Å². The van der Waals surface area contributed by atoms with Crippen LogP contribution in [-0.4, -0.2) is 43.6 Å². The summed E-state index contributed by atoms with van der Waals surface area (Å²) in [5.74, 6) is -1.05. The number of likely N-dealkylation sites (tertiary alicyclic amines) is 1. The molecule has 1 aliphatic heterocycles. The Hall–Kier alpha value is -3.36. The van der Waals surface area contributed by atoms with E-state index in [0.717, 1.165) is 12.1 Å². The van der Waals surface area contributed by atoms with Crippen molar-refractivity contribution in [2.75, 3.05) is 31.4 Å². The van der Waals surface area contributed by atoms with Crippen molar-refractivity contribution in [1.82, 2.24) is 4.90 Å². The lowest BCUT2D eigenvalue weighted by atomic mass is 10.2. The summed E-state index contributed by atoms with van der Waals surface area (Å²) in [6, 6.07) is 6.45. The predicted octanol–water partition coefficient (Wildman–Crippen LogP) is 3.62. The molecule has 1 heterocycles. The quantitative estimate of drug-likeness (QED) is 0.796. The molecule has 0 aromatic heterocycles.